The van der Waals surface area contributed by atoms with Gasteiger partial charge in [-0.05, 0) is 36.2 Å². The van der Waals surface area contributed by atoms with Gasteiger partial charge in [-0.3, -0.25) is 4.90 Å². The zero-order valence-corrected chi connectivity index (χ0v) is 16.2. The van der Waals surface area contributed by atoms with Crippen molar-refractivity contribution in [2.24, 2.45) is 5.73 Å². The summed E-state index contributed by atoms with van der Waals surface area (Å²) in [5, 5.41) is 28.2. The fourth-order valence-corrected chi connectivity index (χ4v) is 3.77. The third-order valence-corrected chi connectivity index (χ3v) is 5.24. The molecule has 0 spiro atoms. The molecule has 0 saturated carbocycles. The third kappa shape index (κ3) is 4.17. The second-order valence-electron chi connectivity index (χ2n) is 7.30. The molecule has 2 atom stereocenters. The maximum atomic E-state index is 11.0. The number of fused-ring (bicyclic) bond motifs is 1. The van der Waals surface area contributed by atoms with Gasteiger partial charge in [-0.25, -0.2) is 14.3 Å². The Morgan fingerprint density at radius 3 is 3.07 bits per heavy atom. The number of nitrogens with two attached hydrogens (primary N) is 1. The number of amides is 1. The Labute approximate surface area is 172 Å². The molecule has 1 aliphatic rings. The van der Waals surface area contributed by atoms with Crippen LogP contribution in [0.2, 0.25) is 0 Å². The average molecular weight is 406 g/mol. The van der Waals surface area contributed by atoms with Crippen molar-refractivity contribution >= 4 is 23.1 Å². The van der Waals surface area contributed by atoms with Crippen LogP contribution in [0.4, 0.5) is 16.3 Å². The molecule has 0 bridgehead atoms. The van der Waals surface area contributed by atoms with Gasteiger partial charge in [0, 0.05) is 37.6 Å². The largest absolute Gasteiger partial charge is 0.465 e. The molecule has 3 aromatic rings. The van der Waals surface area contributed by atoms with Gasteiger partial charge >= 0.3 is 6.09 Å². The van der Waals surface area contributed by atoms with Crippen molar-refractivity contribution in [2.45, 2.75) is 25.0 Å². The molecule has 1 amide bonds. The highest BCUT2D eigenvalue weighted by Crippen LogP contribution is 2.25. The Balaban J connectivity index is 1.58. The third-order valence-electron chi connectivity index (χ3n) is 5.24. The Hall–Kier alpha value is -3.68. The van der Waals surface area contributed by atoms with Crippen molar-refractivity contribution in [1.29, 1.82) is 5.26 Å². The van der Waals surface area contributed by atoms with E-state index in [1.165, 1.54) is 6.33 Å². The fraction of sp³-hybridized carbons (Fsp3) is 0.300. The van der Waals surface area contributed by atoms with E-state index >= 15 is 0 Å². The molecule has 4 rings (SSSR count). The van der Waals surface area contributed by atoms with Gasteiger partial charge in [-0.15, -0.1) is 0 Å². The van der Waals surface area contributed by atoms with Crippen LogP contribution in [0.25, 0.3) is 5.52 Å². The van der Waals surface area contributed by atoms with E-state index in [0.29, 0.717) is 30.9 Å². The second-order valence-corrected chi connectivity index (χ2v) is 7.30. The smallest absolute Gasteiger partial charge is 0.404 e. The van der Waals surface area contributed by atoms with E-state index in [9.17, 15) is 4.79 Å². The molecule has 1 fully saturated rings. The summed E-state index contributed by atoms with van der Waals surface area (Å²) >= 11 is 0. The number of aromatic nitrogens is 3. The summed E-state index contributed by atoms with van der Waals surface area (Å²) < 4.78 is 1.75. The summed E-state index contributed by atoms with van der Waals surface area (Å²) in [6, 6.07) is 10.8. The molecule has 3 heterocycles. The van der Waals surface area contributed by atoms with Crippen molar-refractivity contribution in [3.05, 3.63) is 54.0 Å². The maximum Gasteiger partial charge on any atom is 0.404 e. The first-order valence-electron chi connectivity index (χ1n) is 9.59. The number of nitrogens with one attached hydrogen (secondary N) is 2. The number of piperidine rings is 1. The highest BCUT2D eigenvalue weighted by Gasteiger charge is 2.28. The predicted octanol–water partition coefficient (Wildman–Crippen LogP) is 1.51. The molecule has 154 valence electrons. The normalized spacial score (nSPS) is 19.3. The first kappa shape index (κ1) is 19.6. The van der Waals surface area contributed by atoms with Gasteiger partial charge in [0.1, 0.15) is 11.8 Å². The van der Waals surface area contributed by atoms with E-state index in [2.05, 4.69) is 31.7 Å². The minimum atomic E-state index is -1.06. The van der Waals surface area contributed by atoms with E-state index < -0.39 is 6.09 Å². The van der Waals surface area contributed by atoms with Crippen LogP contribution in [0.15, 0.2) is 42.9 Å². The molecular weight excluding hydrogens is 384 g/mol. The molecule has 0 aliphatic carbocycles. The van der Waals surface area contributed by atoms with Gasteiger partial charge in [-0.1, -0.05) is 6.07 Å². The molecular formula is C20H22N8O2. The Kier molecular flexibility index (Phi) is 5.47. The minimum Gasteiger partial charge on any atom is -0.465 e. The van der Waals surface area contributed by atoms with Crippen molar-refractivity contribution in [3.8, 4) is 6.07 Å². The van der Waals surface area contributed by atoms with E-state index in [4.69, 9.17) is 16.1 Å². The highest BCUT2D eigenvalue weighted by molar-refractivity contribution is 5.76. The zero-order valence-electron chi connectivity index (χ0n) is 16.2. The first-order valence-corrected chi connectivity index (χ1v) is 9.59. The predicted molar refractivity (Wildman–Crippen MR) is 110 cm³/mol. The Morgan fingerprint density at radius 2 is 2.27 bits per heavy atom. The van der Waals surface area contributed by atoms with Crippen LogP contribution in [0, 0.1) is 11.3 Å². The number of rotatable bonds is 5. The van der Waals surface area contributed by atoms with Crippen molar-refractivity contribution < 1.29 is 9.90 Å². The summed E-state index contributed by atoms with van der Waals surface area (Å²) in [6.07, 6.45) is 2.98. The second kappa shape index (κ2) is 8.36. The molecule has 5 N–H and O–H groups in total. The molecule has 1 aromatic carbocycles. The van der Waals surface area contributed by atoms with Crippen LogP contribution in [0.1, 0.15) is 17.5 Å². The monoisotopic (exact) mass is 406 g/mol. The SMILES string of the molecule is N#Cc1cccc(Nc2ncnn3ccc(CN4CC[C@@H](N)[C@H](NC(=O)O)C4)c23)c1. The number of carbonyl (C=O) groups is 1. The summed E-state index contributed by atoms with van der Waals surface area (Å²) in [5.74, 6) is 0.633. The standard InChI is InChI=1S/C20H22N8O2/c21-9-13-2-1-3-15(8-13)25-19-18-14(4-7-28(18)24-12-23-19)10-27-6-5-16(22)17(11-27)26-20(29)30/h1-4,7-8,12,16-17,26H,5-6,10-11,22H2,(H,29,30)(H,23,24,25)/t16-,17-/m1/s1. The van der Waals surface area contributed by atoms with Gasteiger partial charge in [-0.2, -0.15) is 10.4 Å². The lowest BCUT2D eigenvalue weighted by Gasteiger charge is -2.36. The van der Waals surface area contributed by atoms with Crippen LogP contribution in [0.5, 0.6) is 0 Å². The maximum absolute atomic E-state index is 11.0. The van der Waals surface area contributed by atoms with Gasteiger partial charge in [0.05, 0.1) is 17.7 Å². The molecule has 0 radical (unpaired) electrons. The van der Waals surface area contributed by atoms with Crippen molar-refractivity contribution in [1.82, 2.24) is 24.8 Å². The quantitative estimate of drug-likeness (QED) is 0.499. The van der Waals surface area contributed by atoms with E-state index in [1.807, 2.05) is 24.4 Å². The molecule has 1 aliphatic heterocycles. The van der Waals surface area contributed by atoms with Crippen LogP contribution in [0.3, 0.4) is 0 Å². The molecule has 10 nitrogen and oxygen atoms in total. The number of anilines is 2. The van der Waals surface area contributed by atoms with Gasteiger partial charge < -0.3 is 21.5 Å². The van der Waals surface area contributed by atoms with Crippen LogP contribution in [-0.2, 0) is 6.54 Å². The molecule has 0 unspecified atom stereocenters. The van der Waals surface area contributed by atoms with Gasteiger partial charge in [0.25, 0.3) is 0 Å². The lowest BCUT2D eigenvalue weighted by Crippen LogP contribution is -2.57. The first-order chi connectivity index (χ1) is 14.5. The van der Waals surface area contributed by atoms with Crippen LogP contribution in [-0.4, -0.2) is 55.9 Å². The van der Waals surface area contributed by atoms with Gasteiger partial charge in [0.15, 0.2) is 5.82 Å². The lowest BCUT2D eigenvalue weighted by molar-refractivity contribution is 0.149. The molecule has 30 heavy (non-hydrogen) atoms. The molecule has 2 aromatic heterocycles. The number of carboxylic acid groups (broad SMARTS) is 1. The molecule has 1 saturated heterocycles. The topological polar surface area (TPSA) is 145 Å². The summed E-state index contributed by atoms with van der Waals surface area (Å²) in [4.78, 5) is 17.6. The molecule has 10 heteroatoms. The highest BCUT2D eigenvalue weighted by atomic mass is 16.4. The van der Waals surface area contributed by atoms with E-state index in [0.717, 1.165) is 23.3 Å². The zero-order chi connectivity index (χ0) is 21.1. The van der Waals surface area contributed by atoms with Gasteiger partial charge in [0.2, 0.25) is 0 Å². The summed E-state index contributed by atoms with van der Waals surface area (Å²) in [5.41, 5.74) is 9.24. The minimum absolute atomic E-state index is 0.198. The van der Waals surface area contributed by atoms with Crippen molar-refractivity contribution in [3.63, 3.8) is 0 Å². The number of likely N-dealkylation sites (tertiary alicyclic amines) is 1. The number of hydrogen-bond acceptors (Lipinski definition) is 7. The number of benzene rings is 1. The van der Waals surface area contributed by atoms with Crippen LogP contribution < -0.4 is 16.4 Å². The summed E-state index contributed by atoms with van der Waals surface area (Å²) in [7, 11) is 0. The fourth-order valence-electron chi connectivity index (χ4n) is 3.77. The Bertz CT molecular complexity index is 1110. The van der Waals surface area contributed by atoms with E-state index in [-0.39, 0.29) is 12.1 Å². The number of nitrogens with zero attached hydrogens (tertiary/aromatic N) is 5. The Morgan fingerprint density at radius 1 is 1.40 bits per heavy atom. The van der Waals surface area contributed by atoms with Crippen LogP contribution >= 0.6 is 0 Å². The number of hydrogen-bond donors (Lipinski definition) is 4. The van der Waals surface area contributed by atoms with E-state index in [1.54, 1.807) is 16.6 Å². The average Bonchev–Trinajstić information content (AvgIpc) is 3.14. The van der Waals surface area contributed by atoms with Crippen molar-refractivity contribution in [2.75, 3.05) is 18.4 Å². The number of nitriles is 1. The lowest BCUT2D eigenvalue weighted by atomic mass is 10.00. The summed E-state index contributed by atoms with van der Waals surface area (Å²) in [6.45, 7) is 1.92.